The molecule has 0 saturated heterocycles. The minimum Gasteiger partial charge on any atom is -0.507 e. The van der Waals surface area contributed by atoms with Crippen molar-refractivity contribution in [2.75, 3.05) is 7.11 Å². The molecule has 0 unspecified atom stereocenters. The molecule has 0 heterocycles. The summed E-state index contributed by atoms with van der Waals surface area (Å²) in [4.78, 5) is 13.2. The number of fused-ring (bicyclic) bond motifs is 2. The van der Waals surface area contributed by atoms with Crippen molar-refractivity contribution in [2.24, 2.45) is 0 Å². The van der Waals surface area contributed by atoms with Crippen molar-refractivity contribution in [2.45, 2.75) is 4.90 Å². The molecule has 6 nitrogen and oxygen atoms in total. The van der Waals surface area contributed by atoms with Gasteiger partial charge in [-0.25, -0.2) is 0 Å². The van der Waals surface area contributed by atoms with E-state index in [2.05, 4.69) is 24.3 Å². The lowest BCUT2D eigenvalue weighted by molar-refractivity contribution is 0.103. The largest absolute Gasteiger partial charge is 0.507 e. The van der Waals surface area contributed by atoms with Crippen molar-refractivity contribution < 1.29 is 27.6 Å². The molecule has 0 aliphatic carbocycles. The highest BCUT2D eigenvalue weighted by atomic mass is 32.2. The summed E-state index contributed by atoms with van der Waals surface area (Å²) in [6, 6.07) is 35.3. The molecule has 0 aromatic heterocycles. The van der Waals surface area contributed by atoms with E-state index in [-0.39, 0.29) is 16.9 Å². The third-order valence-electron chi connectivity index (χ3n) is 7.22. The number of benzene rings is 6. The van der Waals surface area contributed by atoms with E-state index < -0.39 is 26.5 Å². The summed E-state index contributed by atoms with van der Waals surface area (Å²) in [7, 11) is -3.52. The molecule has 202 valence electrons. The summed E-state index contributed by atoms with van der Waals surface area (Å²) in [6.07, 6.45) is 0. The second-order valence-corrected chi connectivity index (χ2v) is 11.0. The maximum absolute atomic E-state index is 13.8. The van der Waals surface area contributed by atoms with E-state index in [1.807, 2.05) is 66.7 Å². The Morgan fingerprint density at radius 1 is 0.659 bits per heavy atom. The first-order valence-electron chi connectivity index (χ1n) is 12.8. The lowest BCUT2D eigenvalue weighted by Crippen LogP contribution is -2.07. The molecule has 6 rings (SSSR count). The molecule has 6 aromatic carbocycles. The normalized spacial score (nSPS) is 11.6. The van der Waals surface area contributed by atoms with Gasteiger partial charge < -0.3 is 9.84 Å². The Kier molecular flexibility index (Phi) is 6.53. The fourth-order valence-corrected chi connectivity index (χ4v) is 6.06. The highest BCUT2D eigenvalue weighted by Gasteiger charge is 2.25. The number of carbonyl (C=O) groups is 1. The third kappa shape index (κ3) is 4.61. The minimum atomic E-state index is -4.73. The van der Waals surface area contributed by atoms with Crippen molar-refractivity contribution in [1.29, 1.82) is 0 Å². The van der Waals surface area contributed by atoms with Gasteiger partial charge in [0.15, 0.2) is 5.78 Å². The van der Waals surface area contributed by atoms with Gasteiger partial charge >= 0.3 is 0 Å². The predicted octanol–water partition coefficient (Wildman–Crippen LogP) is 7.52. The molecule has 0 spiro atoms. The zero-order chi connectivity index (χ0) is 28.7. The van der Waals surface area contributed by atoms with E-state index in [4.69, 9.17) is 4.74 Å². The highest BCUT2D eigenvalue weighted by molar-refractivity contribution is 7.86. The van der Waals surface area contributed by atoms with Crippen LogP contribution in [0, 0.1) is 0 Å². The molecular formula is C34H24O6S. The fourth-order valence-electron chi connectivity index (χ4n) is 5.40. The van der Waals surface area contributed by atoms with Crippen LogP contribution in [0.5, 0.6) is 11.5 Å². The van der Waals surface area contributed by atoms with E-state index in [1.54, 1.807) is 12.1 Å². The number of carbonyl (C=O) groups excluding carboxylic acids is 1. The number of aromatic hydroxyl groups is 1. The van der Waals surface area contributed by atoms with Crippen molar-refractivity contribution in [3.8, 4) is 33.8 Å². The number of rotatable bonds is 6. The van der Waals surface area contributed by atoms with Crippen LogP contribution >= 0.6 is 0 Å². The Morgan fingerprint density at radius 2 is 1.17 bits per heavy atom. The Bertz CT molecular complexity index is 2070. The topological polar surface area (TPSA) is 101 Å². The first kappa shape index (κ1) is 26.3. The second kappa shape index (κ2) is 10.2. The Hall–Kier alpha value is -4.98. The number of ether oxygens (including phenoxy) is 1. The van der Waals surface area contributed by atoms with Gasteiger partial charge in [-0.2, -0.15) is 8.42 Å². The standard InChI is InChI=1S/C34H24O6S/c1-40-30-20-29(35)28(19-31(30)41(37,38)39)34(36)23-16-17-26-27(18-23)33(22-12-6-3-7-13-22)25-15-9-8-14-24(25)32(26)21-10-4-2-5-11-21/h2-20,35H,1H3,(H,37,38,39). The average Bonchev–Trinajstić information content (AvgIpc) is 2.99. The van der Waals surface area contributed by atoms with E-state index in [0.29, 0.717) is 0 Å². The summed E-state index contributed by atoms with van der Waals surface area (Å²) in [6.45, 7) is 0. The van der Waals surface area contributed by atoms with Crippen LogP contribution in [0.15, 0.2) is 120 Å². The van der Waals surface area contributed by atoms with Crippen LogP contribution in [0.3, 0.4) is 0 Å². The monoisotopic (exact) mass is 560 g/mol. The first-order valence-corrected chi connectivity index (χ1v) is 14.2. The van der Waals surface area contributed by atoms with Gasteiger partial charge in [0.05, 0.1) is 12.7 Å². The van der Waals surface area contributed by atoms with Crippen LogP contribution in [0.25, 0.3) is 43.8 Å². The van der Waals surface area contributed by atoms with Crippen molar-refractivity contribution in [3.63, 3.8) is 0 Å². The number of phenolic OH excluding ortho intramolecular Hbond substituents is 1. The van der Waals surface area contributed by atoms with Gasteiger partial charge in [0.2, 0.25) is 0 Å². The molecule has 2 N–H and O–H groups in total. The minimum absolute atomic E-state index is 0.241. The molecule has 0 amide bonds. The SMILES string of the molecule is COc1cc(O)c(C(=O)c2ccc3c(-c4ccccc4)c4ccccc4c(-c4ccccc4)c3c2)cc1S(=O)(=O)O. The molecule has 0 aliphatic heterocycles. The Balaban J connectivity index is 1.67. The zero-order valence-electron chi connectivity index (χ0n) is 21.9. The first-order chi connectivity index (χ1) is 19.8. The predicted molar refractivity (Wildman–Crippen MR) is 160 cm³/mol. The molecule has 6 aromatic rings. The van der Waals surface area contributed by atoms with E-state index in [0.717, 1.165) is 55.9 Å². The maximum Gasteiger partial charge on any atom is 0.298 e. The Labute approximate surface area is 236 Å². The molecular weight excluding hydrogens is 536 g/mol. The van der Waals surface area contributed by atoms with Crippen LogP contribution in [0.4, 0.5) is 0 Å². The molecule has 0 atom stereocenters. The Morgan fingerprint density at radius 3 is 1.71 bits per heavy atom. The van der Waals surface area contributed by atoms with Crippen LogP contribution in [0.2, 0.25) is 0 Å². The summed E-state index contributed by atoms with van der Waals surface area (Å²) >= 11 is 0. The average molecular weight is 561 g/mol. The lowest BCUT2D eigenvalue weighted by Gasteiger charge is -2.18. The summed E-state index contributed by atoms with van der Waals surface area (Å²) in [5.41, 5.74) is 3.93. The molecule has 0 aliphatic rings. The lowest BCUT2D eigenvalue weighted by atomic mass is 9.85. The summed E-state index contributed by atoms with van der Waals surface area (Å²) in [5, 5.41) is 14.5. The quantitative estimate of drug-likeness (QED) is 0.124. The van der Waals surface area contributed by atoms with Crippen LogP contribution in [0.1, 0.15) is 15.9 Å². The molecule has 0 fully saturated rings. The van der Waals surface area contributed by atoms with Crippen LogP contribution in [-0.4, -0.2) is 31.0 Å². The molecule has 41 heavy (non-hydrogen) atoms. The number of hydrogen-bond acceptors (Lipinski definition) is 5. The highest BCUT2D eigenvalue weighted by Crippen LogP contribution is 2.44. The van der Waals surface area contributed by atoms with Crippen molar-refractivity contribution in [1.82, 2.24) is 0 Å². The van der Waals surface area contributed by atoms with Gasteiger partial charge in [0.1, 0.15) is 16.4 Å². The maximum atomic E-state index is 13.8. The van der Waals surface area contributed by atoms with E-state index >= 15 is 0 Å². The van der Waals surface area contributed by atoms with Gasteiger partial charge in [0.25, 0.3) is 10.1 Å². The van der Waals surface area contributed by atoms with Crippen molar-refractivity contribution in [3.05, 3.63) is 126 Å². The smallest absolute Gasteiger partial charge is 0.298 e. The molecule has 0 saturated carbocycles. The van der Waals surface area contributed by atoms with E-state index in [1.165, 1.54) is 7.11 Å². The number of phenols is 1. The summed E-state index contributed by atoms with van der Waals surface area (Å²) < 4.78 is 38.7. The van der Waals surface area contributed by atoms with Crippen LogP contribution < -0.4 is 4.74 Å². The van der Waals surface area contributed by atoms with Crippen LogP contribution in [-0.2, 0) is 10.1 Å². The molecule has 0 radical (unpaired) electrons. The van der Waals surface area contributed by atoms with Gasteiger partial charge in [-0.1, -0.05) is 97.1 Å². The summed E-state index contributed by atoms with van der Waals surface area (Å²) in [5.74, 6) is -1.35. The molecule has 0 bridgehead atoms. The third-order valence-corrected chi connectivity index (χ3v) is 8.09. The zero-order valence-corrected chi connectivity index (χ0v) is 22.7. The van der Waals surface area contributed by atoms with Gasteiger partial charge in [-0.15, -0.1) is 0 Å². The van der Waals surface area contributed by atoms with Gasteiger partial charge in [0, 0.05) is 11.6 Å². The van der Waals surface area contributed by atoms with Gasteiger partial charge in [-0.3, -0.25) is 9.35 Å². The number of hydrogen-bond donors (Lipinski definition) is 2. The number of ketones is 1. The van der Waals surface area contributed by atoms with Gasteiger partial charge in [-0.05, 0) is 55.9 Å². The van der Waals surface area contributed by atoms with Crippen molar-refractivity contribution >= 4 is 37.4 Å². The van der Waals surface area contributed by atoms with E-state index in [9.17, 15) is 22.9 Å². The molecule has 7 heteroatoms. The number of methoxy groups -OCH3 is 1. The fraction of sp³-hybridized carbons (Fsp3) is 0.0294. The second-order valence-electron chi connectivity index (χ2n) is 9.61.